The number of rotatable bonds is 1. The quantitative estimate of drug-likeness (QED) is 0.806. The summed E-state index contributed by atoms with van der Waals surface area (Å²) < 4.78 is 0. The number of carbonyl (C=O) groups is 1. The lowest BCUT2D eigenvalue weighted by Gasteiger charge is -2.35. The Morgan fingerprint density at radius 1 is 1.05 bits per heavy atom. The van der Waals surface area contributed by atoms with Crippen molar-refractivity contribution >= 4 is 5.91 Å². The number of amides is 1. The zero-order valence-electron chi connectivity index (χ0n) is 12.8. The molecule has 1 saturated heterocycles. The van der Waals surface area contributed by atoms with Gasteiger partial charge in [0.25, 0.3) is 0 Å². The molecule has 112 valence electrons. The smallest absolute Gasteiger partial charge is 0.221 e. The van der Waals surface area contributed by atoms with Crippen molar-refractivity contribution in [3.05, 3.63) is 71.3 Å². The van der Waals surface area contributed by atoms with Gasteiger partial charge in [-0.15, -0.1) is 0 Å². The molecule has 0 radical (unpaired) electrons. The summed E-state index contributed by atoms with van der Waals surface area (Å²) >= 11 is 0. The fourth-order valence-electron chi connectivity index (χ4n) is 3.93. The molecule has 2 aliphatic rings. The van der Waals surface area contributed by atoms with Gasteiger partial charge in [-0.1, -0.05) is 54.6 Å². The largest absolute Gasteiger partial charge is 0.321 e. The Balaban J connectivity index is 1.78. The zero-order valence-corrected chi connectivity index (χ0v) is 12.8. The third kappa shape index (κ3) is 2.04. The second-order valence-electron chi connectivity index (χ2n) is 6.16. The first-order valence-electron chi connectivity index (χ1n) is 7.91. The van der Waals surface area contributed by atoms with Gasteiger partial charge in [-0.3, -0.25) is 9.69 Å². The molecule has 1 amide bonds. The Kier molecular flexibility index (Phi) is 3.23. The van der Waals surface area contributed by atoms with E-state index in [1.807, 2.05) is 11.0 Å². The molecule has 0 aromatic heterocycles. The summed E-state index contributed by atoms with van der Waals surface area (Å²) in [7, 11) is 0. The predicted molar refractivity (Wildman–Crippen MR) is 86.2 cm³/mol. The van der Waals surface area contributed by atoms with Crippen molar-refractivity contribution in [3.8, 4) is 0 Å². The van der Waals surface area contributed by atoms with Crippen molar-refractivity contribution in [3.63, 3.8) is 0 Å². The highest BCUT2D eigenvalue weighted by molar-refractivity contribution is 5.74. The summed E-state index contributed by atoms with van der Waals surface area (Å²) in [6.45, 7) is 3.47. The lowest BCUT2D eigenvalue weighted by molar-refractivity contribution is -0.131. The van der Waals surface area contributed by atoms with Crippen molar-refractivity contribution < 1.29 is 4.79 Å². The van der Waals surface area contributed by atoms with Gasteiger partial charge < -0.3 is 4.90 Å². The minimum Gasteiger partial charge on any atom is -0.321 e. The minimum absolute atomic E-state index is 0.0667. The van der Waals surface area contributed by atoms with E-state index in [0.717, 1.165) is 19.5 Å². The molecule has 0 bridgehead atoms. The first kappa shape index (κ1) is 13.5. The van der Waals surface area contributed by atoms with Crippen LogP contribution in [0.3, 0.4) is 0 Å². The number of benzene rings is 2. The van der Waals surface area contributed by atoms with Crippen LogP contribution in [0.5, 0.6) is 0 Å². The summed E-state index contributed by atoms with van der Waals surface area (Å²) in [5.74, 6) is 0.153. The molecule has 0 aliphatic carbocycles. The van der Waals surface area contributed by atoms with E-state index in [1.54, 1.807) is 6.92 Å². The van der Waals surface area contributed by atoms with Gasteiger partial charge in [-0.05, 0) is 23.1 Å². The molecule has 2 heterocycles. The number of hydrogen-bond donors (Lipinski definition) is 0. The Morgan fingerprint density at radius 3 is 2.55 bits per heavy atom. The van der Waals surface area contributed by atoms with E-state index in [2.05, 4.69) is 53.4 Å². The van der Waals surface area contributed by atoms with E-state index in [1.165, 1.54) is 16.7 Å². The van der Waals surface area contributed by atoms with E-state index in [9.17, 15) is 4.79 Å². The molecule has 0 saturated carbocycles. The SMILES string of the molecule is CC(=O)N1CC2c3ccccc3CCN2C1c1ccccc1. The van der Waals surface area contributed by atoms with Crippen molar-refractivity contribution in [2.24, 2.45) is 0 Å². The normalized spacial score (nSPS) is 24.0. The topological polar surface area (TPSA) is 23.6 Å². The zero-order chi connectivity index (χ0) is 15.1. The molecule has 2 aliphatic heterocycles. The van der Waals surface area contributed by atoms with Crippen LogP contribution in [-0.4, -0.2) is 28.8 Å². The second-order valence-corrected chi connectivity index (χ2v) is 6.16. The van der Waals surface area contributed by atoms with Gasteiger partial charge in [0.05, 0.1) is 6.04 Å². The lowest BCUT2D eigenvalue weighted by Crippen LogP contribution is -2.36. The van der Waals surface area contributed by atoms with Crippen molar-refractivity contribution in [1.29, 1.82) is 0 Å². The van der Waals surface area contributed by atoms with Crippen LogP contribution in [0, 0.1) is 0 Å². The molecule has 2 aromatic rings. The Labute approximate surface area is 131 Å². The molecule has 0 N–H and O–H groups in total. The summed E-state index contributed by atoms with van der Waals surface area (Å²) in [6.07, 6.45) is 1.12. The molecule has 22 heavy (non-hydrogen) atoms. The number of hydrogen-bond acceptors (Lipinski definition) is 2. The molecule has 2 aromatic carbocycles. The van der Waals surface area contributed by atoms with Crippen LogP contribution in [-0.2, 0) is 11.2 Å². The van der Waals surface area contributed by atoms with E-state index in [0.29, 0.717) is 6.04 Å². The van der Waals surface area contributed by atoms with E-state index < -0.39 is 0 Å². The van der Waals surface area contributed by atoms with Crippen LogP contribution in [0.4, 0.5) is 0 Å². The summed E-state index contributed by atoms with van der Waals surface area (Å²) in [6, 6.07) is 19.4. The van der Waals surface area contributed by atoms with Gasteiger partial charge in [-0.2, -0.15) is 0 Å². The molecule has 3 heteroatoms. The fraction of sp³-hybridized carbons (Fsp3) is 0.316. The van der Waals surface area contributed by atoms with Crippen molar-refractivity contribution in [2.45, 2.75) is 25.6 Å². The maximum absolute atomic E-state index is 12.2. The Morgan fingerprint density at radius 2 is 1.77 bits per heavy atom. The minimum atomic E-state index is 0.0667. The maximum Gasteiger partial charge on any atom is 0.221 e. The first-order valence-corrected chi connectivity index (χ1v) is 7.91. The third-order valence-corrected chi connectivity index (χ3v) is 4.93. The van der Waals surface area contributed by atoms with Crippen molar-refractivity contribution in [1.82, 2.24) is 9.80 Å². The molecule has 3 nitrogen and oxygen atoms in total. The van der Waals surface area contributed by atoms with Crippen LogP contribution in [0.25, 0.3) is 0 Å². The summed E-state index contributed by atoms with van der Waals surface area (Å²) in [5, 5.41) is 0. The lowest BCUT2D eigenvalue weighted by atomic mass is 9.93. The number of nitrogens with zero attached hydrogens (tertiary/aromatic N) is 2. The third-order valence-electron chi connectivity index (χ3n) is 4.93. The average Bonchev–Trinajstić information content (AvgIpc) is 2.96. The average molecular weight is 292 g/mol. The molecule has 0 spiro atoms. The number of fused-ring (bicyclic) bond motifs is 3. The van der Waals surface area contributed by atoms with Crippen molar-refractivity contribution in [2.75, 3.05) is 13.1 Å². The number of carbonyl (C=O) groups excluding carboxylic acids is 1. The summed E-state index contributed by atoms with van der Waals surface area (Å²) in [4.78, 5) is 16.7. The van der Waals surface area contributed by atoms with Gasteiger partial charge >= 0.3 is 0 Å². The Hall–Kier alpha value is -2.13. The molecule has 2 atom stereocenters. The van der Waals surface area contributed by atoms with Crippen LogP contribution in [0.2, 0.25) is 0 Å². The van der Waals surface area contributed by atoms with Gasteiger partial charge in [-0.25, -0.2) is 0 Å². The highest BCUT2D eigenvalue weighted by Gasteiger charge is 2.44. The van der Waals surface area contributed by atoms with Gasteiger partial charge in [0.1, 0.15) is 6.17 Å². The molecule has 1 fully saturated rings. The molecular weight excluding hydrogens is 272 g/mol. The second kappa shape index (κ2) is 5.25. The van der Waals surface area contributed by atoms with E-state index in [-0.39, 0.29) is 12.1 Å². The fourth-order valence-corrected chi connectivity index (χ4v) is 3.93. The van der Waals surface area contributed by atoms with E-state index in [4.69, 9.17) is 0 Å². The van der Waals surface area contributed by atoms with Crippen LogP contribution in [0.15, 0.2) is 54.6 Å². The highest BCUT2D eigenvalue weighted by atomic mass is 16.2. The van der Waals surface area contributed by atoms with Gasteiger partial charge in [0, 0.05) is 20.0 Å². The standard InChI is InChI=1S/C19H20N2O/c1-14(22)21-13-18-17-10-6-5-7-15(17)11-12-20(18)19(21)16-8-3-2-4-9-16/h2-10,18-19H,11-13H2,1H3. The summed E-state index contributed by atoms with van der Waals surface area (Å²) in [5.41, 5.74) is 4.03. The van der Waals surface area contributed by atoms with Gasteiger partial charge in [0.15, 0.2) is 0 Å². The van der Waals surface area contributed by atoms with Crippen LogP contribution < -0.4 is 0 Å². The first-order chi connectivity index (χ1) is 10.8. The molecule has 2 unspecified atom stereocenters. The molecule has 4 rings (SSSR count). The Bertz CT molecular complexity index is 698. The maximum atomic E-state index is 12.2. The monoisotopic (exact) mass is 292 g/mol. The van der Waals surface area contributed by atoms with Gasteiger partial charge in [0.2, 0.25) is 5.91 Å². The predicted octanol–water partition coefficient (Wildman–Crippen LogP) is 3.15. The van der Waals surface area contributed by atoms with E-state index >= 15 is 0 Å². The molecular formula is C19H20N2O. The highest BCUT2D eigenvalue weighted by Crippen LogP contribution is 2.44. The van der Waals surface area contributed by atoms with Crippen LogP contribution >= 0.6 is 0 Å². The van der Waals surface area contributed by atoms with Crippen LogP contribution in [0.1, 0.15) is 35.8 Å².